The van der Waals surface area contributed by atoms with E-state index in [0.29, 0.717) is 5.92 Å². The number of oxazole rings is 1. The molecule has 1 aromatic carbocycles. The Morgan fingerprint density at radius 1 is 1.24 bits per heavy atom. The van der Waals surface area contributed by atoms with Crippen molar-refractivity contribution < 1.29 is 4.42 Å². The molecule has 2 aromatic rings. The third-order valence-corrected chi connectivity index (χ3v) is 3.10. The molecule has 1 heterocycles. The molecule has 0 radical (unpaired) electrons. The van der Waals surface area contributed by atoms with E-state index in [2.05, 4.69) is 49.7 Å². The summed E-state index contributed by atoms with van der Waals surface area (Å²) in [5.74, 6) is 0.521. The molecule has 3 heteroatoms. The molecule has 0 saturated carbocycles. The fraction of sp³-hybridized carbons (Fsp3) is 0.500. The molecule has 0 aliphatic heterocycles. The Hall–Kier alpha value is -1.51. The van der Waals surface area contributed by atoms with Gasteiger partial charge in [-0.2, -0.15) is 4.98 Å². The van der Waals surface area contributed by atoms with Crippen molar-refractivity contribution in [2.24, 2.45) is 0 Å². The zero-order valence-corrected chi connectivity index (χ0v) is 11.0. The first kappa shape index (κ1) is 12.0. The summed E-state index contributed by atoms with van der Waals surface area (Å²) in [6.45, 7) is 10.4. The number of aromatic nitrogens is 1. The van der Waals surface area contributed by atoms with Gasteiger partial charge in [0.1, 0.15) is 5.52 Å². The van der Waals surface area contributed by atoms with Crippen LogP contribution in [0, 0.1) is 0 Å². The molecule has 92 valence electrons. The van der Waals surface area contributed by atoms with E-state index in [1.807, 2.05) is 6.07 Å². The van der Waals surface area contributed by atoms with Gasteiger partial charge in [0, 0.05) is 13.1 Å². The summed E-state index contributed by atoms with van der Waals surface area (Å²) in [6, 6.07) is 6.98. The van der Waals surface area contributed by atoms with Gasteiger partial charge in [-0.05, 0) is 37.5 Å². The molecule has 0 saturated heterocycles. The minimum Gasteiger partial charge on any atom is -0.423 e. The maximum Gasteiger partial charge on any atom is 0.298 e. The highest BCUT2D eigenvalue weighted by Gasteiger charge is 2.11. The molecule has 0 N–H and O–H groups in total. The topological polar surface area (TPSA) is 29.3 Å². The minimum absolute atomic E-state index is 0.521. The first-order chi connectivity index (χ1) is 8.15. The molecule has 3 nitrogen and oxygen atoms in total. The van der Waals surface area contributed by atoms with Crippen molar-refractivity contribution in [1.29, 1.82) is 0 Å². The molecule has 0 aliphatic rings. The number of benzene rings is 1. The molecule has 0 bridgehead atoms. The Balaban J connectivity index is 2.43. The SMILES string of the molecule is CCN(CC)c1nc2cc(C(C)C)ccc2o1. The van der Waals surface area contributed by atoms with Crippen LogP contribution >= 0.6 is 0 Å². The van der Waals surface area contributed by atoms with Crippen molar-refractivity contribution >= 4 is 17.1 Å². The summed E-state index contributed by atoms with van der Waals surface area (Å²) in [5, 5.41) is 0. The van der Waals surface area contributed by atoms with Crippen molar-refractivity contribution in [3.05, 3.63) is 23.8 Å². The standard InChI is InChI=1S/C14H20N2O/c1-5-16(6-2)14-15-12-9-11(10(3)4)7-8-13(12)17-14/h7-10H,5-6H2,1-4H3. The zero-order valence-electron chi connectivity index (χ0n) is 11.0. The minimum atomic E-state index is 0.521. The van der Waals surface area contributed by atoms with Gasteiger partial charge in [-0.15, -0.1) is 0 Å². The van der Waals surface area contributed by atoms with Crippen molar-refractivity contribution in [3.63, 3.8) is 0 Å². The van der Waals surface area contributed by atoms with Crippen LogP contribution in [0.3, 0.4) is 0 Å². The smallest absolute Gasteiger partial charge is 0.298 e. The molecular weight excluding hydrogens is 212 g/mol. The zero-order chi connectivity index (χ0) is 12.4. The lowest BCUT2D eigenvalue weighted by molar-refractivity contribution is 0.576. The van der Waals surface area contributed by atoms with Crippen LogP contribution in [0.15, 0.2) is 22.6 Å². The van der Waals surface area contributed by atoms with Crippen LogP contribution in [-0.2, 0) is 0 Å². The number of rotatable bonds is 4. The molecule has 0 unspecified atom stereocenters. The van der Waals surface area contributed by atoms with Crippen LogP contribution in [0.4, 0.5) is 6.01 Å². The van der Waals surface area contributed by atoms with E-state index in [0.717, 1.165) is 30.2 Å². The second kappa shape index (κ2) is 4.78. The number of hydrogen-bond acceptors (Lipinski definition) is 3. The van der Waals surface area contributed by atoms with Gasteiger partial charge in [-0.25, -0.2) is 0 Å². The van der Waals surface area contributed by atoms with Crippen molar-refractivity contribution in [2.45, 2.75) is 33.6 Å². The highest BCUT2D eigenvalue weighted by Crippen LogP contribution is 2.25. The van der Waals surface area contributed by atoms with E-state index < -0.39 is 0 Å². The molecule has 0 aliphatic carbocycles. The quantitative estimate of drug-likeness (QED) is 0.803. The van der Waals surface area contributed by atoms with Gasteiger partial charge in [0.2, 0.25) is 0 Å². The molecule has 2 rings (SSSR count). The average Bonchev–Trinajstić information content (AvgIpc) is 2.72. The van der Waals surface area contributed by atoms with Gasteiger partial charge >= 0.3 is 0 Å². The Morgan fingerprint density at radius 2 is 1.94 bits per heavy atom. The van der Waals surface area contributed by atoms with Crippen LogP contribution in [0.2, 0.25) is 0 Å². The molecule has 0 atom stereocenters. The third-order valence-electron chi connectivity index (χ3n) is 3.10. The molecule has 0 amide bonds. The normalized spacial score (nSPS) is 11.4. The van der Waals surface area contributed by atoms with Crippen LogP contribution in [0.1, 0.15) is 39.2 Å². The van der Waals surface area contributed by atoms with E-state index in [4.69, 9.17) is 4.42 Å². The highest BCUT2D eigenvalue weighted by atomic mass is 16.4. The number of fused-ring (bicyclic) bond motifs is 1. The van der Waals surface area contributed by atoms with Crippen LogP contribution in [-0.4, -0.2) is 18.1 Å². The summed E-state index contributed by atoms with van der Waals surface area (Å²) in [4.78, 5) is 6.68. The summed E-state index contributed by atoms with van der Waals surface area (Å²) in [7, 11) is 0. The van der Waals surface area contributed by atoms with Gasteiger partial charge in [-0.1, -0.05) is 19.9 Å². The van der Waals surface area contributed by atoms with E-state index in [-0.39, 0.29) is 0 Å². The van der Waals surface area contributed by atoms with Crippen LogP contribution in [0.25, 0.3) is 11.1 Å². The maximum atomic E-state index is 5.76. The summed E-state index contributed by atoms with van der Waals surface area (Å²) >= 11 is 0. The van der Waals surface area contributed by atoms with Crippen molar-refractivity contribution in [3.8, 4) is 0 Å². The van der Waals surface area contributed by atoms with Crippen LogP contribution in [0.5, 0.6) is 0 Å². The monoisotopic (exact) mass is 232 g/mol. The molecule has 0 spiro atoms. The van der Waals surface area contributed by atoms with E-state index >= 15 is 0 Å². The predicted octanol–water partition coefficient (Wildman–Crippen LogP) is 3.80. The van der Waals surface area contributed by atoms with Gasteiger partial charge in [0.25, 0.3) is 6.01 Å². The first-order valence-corrected chi connectivity index (χ1v) is 6.31. The third kappa shape index (κ3) is 2.28. The summed E-state index contributed by atoms with van der Waals surface area (Å²) in [6.07, 6.45) is 0. The van der Waals surface area contributed by atoms with Crippen molar-refractivity contribution in [1.82, 2.24) is 4.98 Å². The lowest BCUT2D eigenvalue weighted by atomic mass is 10.0. The Morgan fingerprint density at radius 3 is 2.53 bits per heavy atom. The number of nitrogens with zero attached hydrogens (tertiary/aromatic N) is 2. The second-order valence-corrected chi connectivity index (χ2v) is 4.55. The lowest BCUT2D eigenvalue weighted by Crippen LogP contribution is -2.21. The van der Waals surface area contributed by atoms with Gasteiger partial charge in [0.15, 0.2) is 5.58 Å². The Labute approximate surface area is 102 Å². The predicted molar refractivity (Wildman–Crippen MR) is 71.7 cm³/mol. The second-order valence-electron chi connectivity index (χ2n) is 4.55. The van der Waals surface area contributed by atoms with Crippen LogP contribution < -0.4 is 4.90 Å². The van der Waals surface area contributed by atoms with Gasteiger partial charge < -0.3 is 9.32 Å². The largest absolute Gasteiger partial charge is 0.423 e. The lowest BCUT2D eigenvalue weighted by Gasteiger charge is -2.14. The molecular formula is C14H20N2O. The summed E-state index contributed by atoms with van der Waals surface area (Å²) in [5.41, 5.74) is 3.13. The highest BCUT2D eigenvalue weighted by molar-refractivity contribution is 5.75. The van der Waals surface area contributed by atoms with Gasteiger partial charge in [-0.3, -0.25) is 0 Å². The maximum absolute atomic E-state index is 5.76. The average molecular weight is 232 g/mol. The molecule has 1 aromatic heterocycles. The van der Waals surface area contributed by atoms with E-state index in [1.165, 1.54) is 5.56 Å². The fourth-order valence-corrected chi connectivity index (χ4v) is 1.92. The number of anilines is 1. The van der Waals surface area contributed by atoms with Crippen molar-refractivity contribution in [2.75, 3.05) is 18.0 Å². The first-order valence-electron chi connectivity index (χ1n) is 6.31. The Kier molecular flexibility index (Phi) is 3.36. The van der Waals surface area contributed by atoms with E-state index in [1.54, 1.807) is 0 Å². The molecule has 17 heavy (non-hydrogen) atoms. The fourth-order valence-electron chi connectivity index (χ4n) is 1.92. The Bertz CT molecular complexity index is 498. The van der Waals surface area contributed by atoms with Gasteiger partial charge in [0.05, 0.1) is 0 Å². The number of hydrogen-bond donors (Lipinski definition) is 0. The summed E-state index contributed by atoms with van der Waals surface area (Å²) < 4.78 is 5.76. The van der Waals surface area contributed by atoms with E-state index in [9.17, 15) is 0 Å². The molecule has 0 fully saturated rings.